The Bertz CT molecular complexity index is 1200. The Morgan fingerprint density at radius 2 is 1.91 bits per heavy atom. The van der Waals surface area contributed by atoms with E-state index in [2.05, 4.69) is 25.6 Å². The lowest BCUT2D eigenvalue weighted by Crippen LogP contribution is -2.33. The molecule has 2 aliphatic carbocycles. The molecule has 3 N–H and O–H groups in total. The molecule has 2 saturated carbocycles. The van der Waals surface area contributed by atoms with Crippen molar-refractivity contribution < 1.29 is 23.1 Å². The van der Waals surface area contributed by atoms with Crippen molar-refractivity contribution in [1.29, 1.82) is 0 Å². The second-order valence-corrected chi connectivity index (χ2v) is 9.40. The van der Waals surface area contributed by atoms with Crippen LogP contribution in [0.25, 0.3) is 10.4 Å². The van der Waals surface area contributed by atoms with Gasteiger partial charge >= 0.3 is 6.18 Å². The van der Waals surface area contributed by atoms with E-state index in [1.54, 1.807) is 24.4 Å². The Morgan fingerprint density at radius 1 is 1.15 bits per heavy atom. The Morgan fingerprint density at radius 3 is 2.58 bits per heavy atom. The van der Waals surface area contributed by atoms with Gasteiger partial charge in [0, 0.05) is 29.7 Å². The number of thiazole rings is 1. The third-order valence-corrected chi connectivity index (χ3v) is 6.96. The van der Waals surface area contributed by atoms with E-state index in [0.717, 1.165) is 36.4 Å². The molecule has 3 aromatic rings. The summed E-state index contributed by atoms with van der Waals surface area (Å²) in [6.07, 6.45) is 2.05. The van der Waals surface area contributed by atoms with Gasteiger partial charge in [0.15, 0.2) is 0 Å². The standard InChI is InChI=1S/C22H20F3N5O2S/c23-22(24,25)17-4-7-26-20(30-17)29-15-9-13(8-14(10-15)28-18(31)12-2-3-12)16-11-27-19(33-16)21(32)5-1-6-21/h4,7-12,32H,1-3,5-6H2,(H,28,31)(H,26,29,30). The number of aliphatic hydroxyl groups is 1. The molecule has 172 valence electrons. The molecule has 1 amide bonds. The number of alkyl halides is 3. The lowest BCUT2D eigenvalue weighted by atomic mass is 9.81. The topological polar surface area (TPSA) is 100 Å². The van der Waals surface area contributed by atoms with Crippen LogP contribution in [0.15, 0.2) is 36.7 Å². The van der Waals surface area contributed by atoms with Crippen molar-refractivity contribution in [2.45, 2.75) is 43.9 Å². The monoisotopic (exact) mass is 475 g/mol. The van der Waals surface area contributed by atoms with Crippen LogP contribution in [0.3, 0.4) is 0 Å². The molecule has 2 fully saturated rings. The van der Waals surface area contributed by atoms with Gasteiger partial charge in [0.05, 0.1) is 4.88 Å². The number of benzene rings is 1. The Labute approximate surface area is 191 Å². The van der Waals surface area contributed by atoms with E-state index in [1.807, 2.05) is 0 Å². The van der Waals surface area contributed by atoms with E-state index in [9.17, 15) is 23.1 Å². The van der Waals surface area contributed by atoms with Crippen LogP contribution in [0, 0.1) is 5.92 Å². The molecule has 5 rings (SSSR count). The molecule has 0 radical (unpaired) electrons. The number of amides is 1. The van der Waals surface area contributed by atoms with Crippen LogP contribution in [-0.2, 0) is 16.6 Å². The molecular formula is C22H20F3N5O2S. The van der Waals surface area contributed by atoms with E-state index in [4.69, 9.17) is 0 Å². The van der Waals surface area contributed by atoms with Gasteiger partial charge in [0.25, 0.3) is 0 Å². The fourth-order valence-electron chi connectivity index (χ4n) is 3.56. The predicted molar refractivity (Wildman–Crippen MR) is 117 cm³/mol. The maximum atomic E-state index is 13.0. The summed E-state index contributed by atoms with van der Waals surface area (Å²) >= 11 is 1.35. The second-order valence-electron chi connectivity index (χ2n) is 8.37. The summed E-state index contributed by atoms with van der Waals surface area (Å²) in [7, 11) is 0. The van der Waals surface area contributed by atoms with E-state index in [-0.39, 0.29) is 17.8 Å². The highest BCUT2D eigenvalue weighted by molar-refractivity contribution is 7.15. The molecule has 0 spiro atoms. The van der Waals surface area contributed by atoms with Gasteiger partial charge in [-0.2, -0.15) is 13.2 Å². The van der Waals surface area contributed by atoms with Crippen molar-refractivity contribution in [2.75, 3.05) is 10.6 Å². The minimum atomic E-state index is -4.59. The predicted octanol–water partition coefficient (Wildman–Crippen LogP) is 5.08. The fourth-order valence-corrected chi connectivity index (χ4v) is 4.61. The number of aromatic nitrogens is 3. The van der Waals surface area contributed by atoms with Gasteiger partial charge in [-0.1, -0.05) is 0 Å². The van der Waals surface area contributed by atoms with Crippen LogP contribution in [0.2, 0.25) is 0 Å². The molecule has 2 aliphatic rings. The number of halogens is 3. The Hall–Kier alpha value is -3.05. The quantitative estimate of drug-likeness (QED) is 0.460. The van der Waals surface area contributed by atoms with Gasteiger partial charge in [-0.3, -0.25) is 4.79 Å². The molecule has 0 atom stereocenters. The van der Waals surface area contributed by atoms with Crippen molar-refractivity contribution >= 4 is 34.6 Å². The van der Waals surface area contributed by atoms with Crippen molar-refractivity contribution in [1.82, 2.24) is 15.0 Å². The molecule has 0 saturated heterocycles. The van der Waals surface area contributed by atoms with Crippen LogP contribution < -0.4 is 10.6 Å². The lowest BCUT2D eigenvalue weighted by Gasteiger charge is -2.34. The van der Waals surface area contributed by atoms with E-state index in [1.165, 1.54) is 11.3 Å². The molecule has 1 aromatic carbocycles. The highest BCUT2D eigenvalue weighted by atomic mass is 32.1. The van der Waals surface area contributed by atoms with Crippen LogP contribution in [0.1, 0.15) is 42.8 Å². The van der Waals surface area contributed by atoms with Gasteiger partial charge in [-0.15, -0.1) is 11.3 Å². The molecule has 0 unspecified atom stereocenters. The average Bonchev–Trinajstić information content (AvgIpc) is 3.48. The largest absolute Gasteiger partial charge is 0.433 e. The van der Waals surface area contributed by atoms with Gasteiger partial charge in [-0.25, -0.2) is 15.0 Å². The van der Waals surface area contributed by atoms with Crippen LogP contribution in [0.4, 0.5) is 30.5 Å². The summed E-state index contributed by atoms with van der Waals surface area (Å²) in [6, 6.07) is 5.92. The molecule has 2 aromatic heterocycles. The van der Waals surface area contributed by atoms with Crippen LogP contribution in [-0.4, -0.2) is 26.0 Å². The highest BCUT2D eigenvalue weighted by Crippen LogP contribution is 2.44. The molecule has 0 bridgehead atoms. The van der Waals surface area contributed by atoms with Crippen molar-refractivity contribution in [3.8, 4) is 10.4 Å². The van der Waals surface area contributed by atoms with E-state index < -0.39 is 17.5 Å². The number of hydrogen-bond donors (Lipinski definition) is 3. The molecule has 7 nitrogen and oxygen atoms in total. The summed E-state index contributed by atoms with van der Waals surface area (Å²) in [5, 5.41) is 16.9. The Balaban J connectivity index is 1.47. The van der Waals surface area contributed by atoms with Crippen molar-refractivity contribution in [2.24, 2.45) is 5.92 Å². The third kappa shape index (κ3) is 4.69. The summed E-state index contributed by atoms with van der Waals surface area (Å²) in [5.74, 6) is -0.322. The first-order valence-corrected chi connectivity index (χ1v) is 11.3. The SMILES string of the molecule is O=C(Nc1cc(Nc2nccc(C(F)(F)F)n2)cc(-c2cnc(C3(O)CCC3)s2)c1)C1CC1. The first kappa shape index (κ1) is 21.8. The molecule has 33 heavy (non-hydrogen) atoms. The normalized spacial score (nSPS) is 17.3. The van der Waals surface area contributed by atoms with Crippen LogP contribution in [0.5, 0.6) is 0 Å². The average molecular weight is 475 g/mol. The first-order valence-electron chi connectivity index (χ1n) is 10.5. The number of carbonyl (C=O) groups is 1. The minimum Gasteiger partial charge on any atom is -0.383 e. The number of nitrogens with one attached hydrogen (secondary N) is 2. The number of hydrogen-bond acceptors (Lipinski definition) is 7. The maximum absolute atomic E-state index is 13.0. The molecular weight excluding hydrogens is 455 g/mol. The lowest BCUT2D eigenvalue weighted by molar-refractivity contribution is -0.141. The molecule has 0 aliphatic heterocycles. The smallest absolute Gasteiger partial charge is 0.383 e. The zero-order valence-corrected chi connectivity index (χ0v) is 18.1. The van der Waals surface area contributed by atoms with Gasteiger partial charge in [0.1, 0.15) is 16.3 Å². The Kier molecular flexibility index (Phi) is 5.32. The summed E-state index contributed by atoms with van der Waals surface area (Å²) in [4.78, 5) is 24.9. The summed E-state index contributed by atoms with van der Waals surface area (Å²) < 4.78 is 39.1. The van der Waals surface area contributed by atoms with E-state index in [0.29, 0.717) is 34.8 Å². The fraction of sp³-hybridized carbons (Fsp3) is 0.364. The number of carbonyl (C=O) groups excluding carboxylic acids is 1. The number of rotatable bonds is 6. The van der Waals surface area contributed by atoms with Crippen molar-refractivity contribution in [3.63, 3.8) is 0 Å². The summed E-state index contributed by atoms with van der Waals surface area (Å²) in [6.45, 7) is 0. The first-order chi connectivity index (χ1) is 15.7. The van der Waals surface area contributed by atoms with E-state index >= 15 is 0 Å². The van der Waals surface area contributed by atoms with Crippen LogP contribution >= 0.6 is 11.3 Å². The summed E-state index contributed by atoms with van der Waals surface area (Å²) in [5.41, 5.74) is -0.344. The van der Waals surface area contributed by atoms with Gasteiger partial charge in [0.2, 0.25) is 11.9 Å². The second kappa shape index (κ2) is 8.07. The molecule has 11 heteroatoms. The number of nitrogens with zero attached hydrogens (tertiary/aromatic N) is 3. The van der Waals surface area contributed by atoms with Gasteiger partial charge < -0.3 is 15.7 Å². The zero-order valence-electron chi connectivity index (χ0n) is 17.3. The third-order valence-electron chi connectivity index (χ3n) is 5.72. The maximum Gasteiger partial charge on any atom is 0.433 e. The molecule has 2 heterocycles. The van der Waals surface area contributed by atoms with Gasteiger partial charge in [-0.05, 0) is 61.9 Å². The number of anilines is 3. The minimum absolute atomic E-state index is 0.0141. The van der Waals surface area contributed by atoms with Crippen molar-refractivity contribution in [3.05, 3.63) is 47.4 Å². The zero-order chi connectivity index (χ0) is 23.2. The highest BCUT2D eigenvalue weighted by Gasteiger charge is 2.39.